The van der Waals surface area contributed by atoms with Gasteiger partial charge in [0, 0.05) is 29.7 Å². The number of amides is 1. The van der Waals surface area contributed by atoms with Crippen molar-refractivity contribution in [1.82, 2.24) is 15.3 Å². The van der Waals surface area contributed by atoms with Crippen LogP contribution >= 0.6 is 0 Å². The van der Waals surface area contributed by atoms with Crippen molar-refractivity contribution < 1.29 is 14.3 Å². The van der Waals surface area contributed by atoms with Crippen molar-refractivity contribution in [3.8, 4) is 11.5 Å². The minimum atomic E-state index is -0.194. The molecule has 138 valence electrons. The summed E-state index contributed by atoms with van der Waals surface area (Å²) in [5.41, 5.74) is 2.26. The molecule has 1 amide bonds. The first kappa shape index (κ1) is 18.4. The van der Waals surface area contributed by atoms with Crippen LogP contribution in [0.1, 0.15) is 28.5 Å². The molecule has 1 aromatic carbocycles. The first-order valence-corrected chi connectivity index (χ1v) is 8.73. The number of carbonyl (C=O) groups is 1. The fraction of sp³-hybridized carbons (Fsp3) is 0.190. The number of hydrogen-bond acceptors (Lipinski definition) is 5. The Bertz CT molecular complexity index is 870. The molecule has 0 bridgehead atoms. The van der Waals surface area contributed by atoms with E-state index in [1.165, 1.54) is 0 Å². The third-order valence-electron chi connectivity index (χ3n) is 3.78. The number of benzene rings is 1. The summed E-state index contributed by atoms with van der Waals surface area (Å²) in [6, 6.07) is 14.5. The molecular weight excluding hydrogens is 342 g/mol. The summed E-state index contributed by atoms with van der Waals surface area (Å²) in [7, 11) is 0. The monoisotopic (exact) mass is 363 g/mol. The first-order valence-electron chi connectivity index (χ1n) is 8.73. The van der Waals surface area contributed by atoms with E-state index in [4.69, 9.17) is 9.47 Å². The Morgan fingerprint density at radius 3 is 2.70 bits per heavy atom. The van der Waals surface area contributed by atoms with Crippen LogP contribution in [0.3, 0.4) is 0 Å². The third kappa shape index (κ3) is 5.28. The van der Waals surface area contributed by atoms with E-state index in [9.17, 15) is 4.79 Å². The fourth-order valence-corrected chi connectivity index (χ4v) is 2.46. The van der Waals surface area contributed by atoms with Crippen LogP contribution < -0.4 is 14.8 Å². The largest absolute Gasteiger partial charge is 0.490 e. The molecule has 2 aromatic heterocycles. The van der Waals surface area contributed by atoms with Gasteiger partial charge in [-0.05, 0) is 43.3 Å². The summed E-state index contributed by atoms with van der Waals surface area (Å²) in [6.45, 7) is 3.10. The van der Waals surface area contributed by atoms with Crippen LogP contribution in [0.4, 0.5) is 0 Å². The molecule has 0 saturated heterocycles. The quantitative estimate of drug-likeness (QED) is 0.664. The number of aromatic nitrogens is 2. The highest BCUT2D eigenvalue weighted by molar-refractivity contribution is 5.94. The summed E-state index contributed by atoms with van der Waals surface area (Å²) in [5, 5.41) is 2.86. The Balaban J connectivity index is 1.67. The van der Waals surface area contributed by atoms with Crippen LogP contribution in [0.2, 0.25) is 0 Å². The molecular formula is C21H21N3O3. The predicted octanol–water partition coefficient (Wildman–Crippen LogP) is 3.38. The van der Waals surface area contributed by atoms with E-state index < -0.39 is 0 Å². The first-order chi connectivity index (χ1) is 13.3. The van der Waals surface area contributed by atoms with Crippen LogP contribution in [0, 0.1) is 0 Å². The molecule has 0 fully saturated rings. The molecule has 0 atom stereocenters. The topological polar surface area (TPSA) is 73.3 Å². The van der Waals surface area contributed by atoms with Gasteiger partial charge >= 0.3 is 0 Å². The lowest BCUT2D eigenvalue weighted by atomic mass is 10.2. The molecule has 0 saturated carbocycles. The van der Waals surface area contributed by atoms with E-state index in [2.05, 4.69) is 15.3 Å². The molecule has 6 heteroatoms. The molecule has 0 unspecified atom stereocenters. The lowest BCUT2D eigenvalue weighted by molar-refractivity contribution is 0.0950. The van der Waals surface area contributed by atoms with Crippen molar-refractivity contribution >= 4 is 5.91 Å². The van der Waals surface area contributed by atoms with Gasteiger partial charge in [0.05, 0.1) is 18.8 Å². The van der Waals surface area contributed by atoms with E-state index in [1.807, 2.05) is 37.3 Å². The molecule has 0 aliphatic heterocycles. The molecule has 6 nitrogen and oxygen atoms in total. The second-order valence-corrected chi connectivity index (χ2v) is 5.75. The Morgan fingerprint density at radius 2 is 1.96 bits per heavy atom. The van der Waals surface area contributed by atoms with Gasteiger partial charge in [-0.25, -0.2) is 0 Å². The van der Waals surface area contributed by atoms with Crippen molar-refractivity contribution in [2.75, 3.05) is 6.61 Å². The highest BCUT2D eigenvalue weighted by Crippen LogP contribution is 2.29. The molecule has 2 heterocycles. The van der Waals surface area contributed by atoms with Gasteiger partial charge in [-0.2, -0.15) is 0 Å². The Hall–Kier alpha value is -3.41. The van der Waals surface area contributed by atoms with Crippen LogP contribution in [-0.2, 0) is 13.2 Å². The zero-order valence-corrected chi connectivity index (χ0v) is 15.1. The van der Waals surface area contributed by atoms with Gasteiger partial charge < -0.3 is 14.8 Å². The average Bonchev–Trinajstić information content (AvgIpc) is 2.73. The number of carbonyl (C=O) groups excluding carboxylic acids is 1. The maximum Gasteiger partial charge on any atom is 0.251 e. The van der Waals surface area contributed by atoms with Gasteiger partial charge in [0.15, 0.2) is 11.5 Å². The molecule has 1 N–H and O–H groups in total. The Morgan fingerprint density at radius 1 is 1.04 bits per heavy atom. The number of rotatable bonds is 8. The number of hydrogen-bond donors (Lipinski definition) is 1. The van der Waals surface area contributed by atoms with Crippen molar-refractivity contribution in [2.45, 2.75) is 20.1 Å². The van der Waals surface area contributed by atoms with Crippen LogP contribution in [0.25, 0.3) is 0 Å². The number of ether oxygens (including phenoxy) is 2. The normalized spacial score (nSPS) is 10.3. The molecule has 0 aliphatic carbocycles. The highest BCUT2D eigenvalue weighted by atomic mass is 16.5. The Kier molecular flexibility index (Phi) is 6.35. The van der Waals surface area contributed by atoms with E-state index in [0.29, 0.717) is 36.8 Å². The lowest BCUT2D eigenvalue weighted by Gasteiger charge is -2.13. The maximum absolute atomic E-state index is 12.4. The summed E-state index contributed by atoms with van der Waals surface area (Å²) in [5.74, 6) is 0.925. The van der Waals surface area contributed by atoms with E-state index in [0.717, 1.165) is 11.3 Å². The maximum atomic E-state index is 12.4. The minimum absolute atomic E-state index is 0.194. The average molecular weight is 363 g/mol. The molecule has 3 aromatic rings. The molecule has 27 heavy (non-hydrogen) atoms. The summed E-state index contributed by atoms with van der Waals surface area (Å²) >= 11 is 0. The standard InChI is InChI=1S/C21H21N3O3/c1-2-26-20-12-17(21(25)24-14-18-7-3-4-11-23-18)8-9-19(20)27-15-16-6-5-10-22-13-16/h3-13H,2,14-15H2,1H3,(H,24,25). The van der Waals surface area contributed by atoms with Crippen LogP contribution in [-0.4, -0.2) is 22.5 Å². The highest BCUT2D eigenvalue weighted by Gasteiger charge is 2.12. The van der Waals surface area contributed by atoms with Gasteiger partial charge in [-0.15, -0.1) is 0 Å². The zero-order chi connectivity index (χ0) is 18.9. The fourth-order valence-electron chi connectivity index (χ4n) is 2.46. The molecule has 0 radical (unpaired) electrons. The van der Waals surface area contributed by atoms with E-state index in [1.54, 1.807) is 36.8 Å². The second-order valence-electron chi connectivity index (χ2n) is 5.75. The van der Waals surface area contributed by atoms with Gasteiger partial charge in [0.2, 0.25) is 0 Å². The zero-order valence-electron chi connectivity index (χ0n) is 15.1. The van der Waals surface area contributed by atoms with Crippen LogP contribution in [0.5, 0.6) is 11.5 Å². The summed E-state index contributed by atoms with van der Waals surface area (Å²) < 4.78 is 11.5. The van der Waals surface area contributed by atoms with Gasteiger partial charge in [-0.3, -0.25) is 14.8 Å². The third-order valence-corrected chi connectivity index (χ3v) is 3.78. The smallest absolute Gasteiger partial charge is 0.251 e. The molecule has 3 rings (SSSR count). The second kappa shape index (κ2) is 9.33. The molecule has 0 spiro atoms. The predicted molar refractivity (Wildman–Crippen MR) is 102 cm³/mol. The number of nitrogens with zero attached hydrogens (tertiary/aromatic N) is 2. The van der Waals surface area contributed by atoms with E-state index in [-0.39, 0.29) is 5.91 Å². The number of nitrogens with one attached hydrogen (secondary N) is 1. The SMILES string of the molecule is CCOc1cc(C(=O)NCc2ccccn2)ccc1OCc1cccnc1. The minimum Gasteiger partial charge on any atom is -0.490 e. The van der Waals surface area contributed by atoms with Crippen molar-refractivity contribution in [1.29, 1.82) is 0 Å². The molecule has 0 aliphatic rings. The van der Waals surface area contributed by atoms with Gasteiger partial charge in [0.1, 0.15) is 6.61 Å². The van der Waals surface area contributed by atoms with Crippen molar-refractivity contribution in [2.24, 2.45) is 0 Å². The van der Waals surface area contributed by atoms with Gasteiger partial charge in [0.25, 0.3) is 5.91 Å². The summed E-state index contributed by atoms with van der Waals surface area (Å²) in [4.78, 5) is 20.7. The van der Waals surface area contributed by atoms with Gasteiger partial charge in [-0.1, -0.05) is 12.1 Å². The number of pyridine rings is 2. The Labute approximate surface area is 158 Å². The van der Waals surface area contributed by atoms with Crippen LogP contribution in [0.15, 0.2) is 67.1 Å². The van der Waals surface area contributed by atoms with E-state index >= 15 is 0 Å². The lowest BCUT2D eigenvalue weighted by Crippen LogP contribution is -2.23. The van der Waals surface area contributed by atoms with Crippen molar-refractivity contribution in [3.05, 3.63) is 83.9 Å². The van der Waals surface area contributed by atoms with Crippen molar-refractivity contribution in [3.63, 3.8) is 0 Å². The summed E-state index contributed by atoms with van der Waals surface area (Å²) in [6.07, 6.45) is 5.16.